The van der Waals surface area contributed by atoms with Crippen molar-refractivity contribution in [1.29, 1.82) is 0 Å². The number of carbonyl (C=O) groups is 1. The van der Waals surface area contributed by atoms with E-state index in [1.54, 1.807) is 12.4 Å². The number of aromatic nitrogens is 1. The highest BCUT2D eigenvalue weighted by atomic mass is 79.9. The highest BCUT2D eigenvalue weighted by molar-refractivity contribution is 9.10. The number of pyridine rings is 1. The largest absolute Gasteiger partial charge is 0.330 e. The first-order valence-electron chi connectivity index (χ1n) is 4.93. The van der Waals surface area contributed by atoms with E-state index in [4.69, 9.17) is 5.73 Å². The van der Waals surface area contributed by atoms with Crippen molar-refractivity contribution in [1.82, 2.24) is 4.98 Å². The molecule has 1 aromatic heterocycles. The van der Waals surface area contributed by atoms with Crippen molar-refractivity contribution in [2.45, 2.75) is 19.8 Å². The van der Waals surface area contributed by atoms with E-state index in [2.05, 4.69) is 20.9 Å². The van der Waals surface area contributed by atoms with Gasteiger partial charge in [-0.2, -0.15) is 0 Å². The number of nitrogens with zero attached hydrogens (tertiary/aromatic N) is 1. The molecule has 0 amide bonds. The van der Waals surface area contributed by atoms with Gasteiger partial charge in [-0.25, -0.2) is 0 Å². The molecule has 15 heavy (non-hydrogen) atoms. The Bertz CT molecular complexity index is 341. The molecule has 1 heterocycles. The van der Waals surface area contributed by atoms with E-state index in [-0.39, 0.29) is 11.7 Å². The van der Waals surface area contributed by atoms with Crippen LogP contribution in [0.15, 0.2) is 22.9 Å². The fourth-order valence-electron chi connectivity index (χ4n) is 1.32. The van der Waals surface area contributed by atoms with Crippen molar-refractivity contribution < 1.29 is 4.79 Å². The van der Waals surface area contributed by atoms with Crippen LogP contribution in [-0.2, 0) is 11.2 Å². The average molecular weight is 271 g/mol. The minimum absolute atomic E-state index is 0.216. The van der Waals surface area contributed by atoms with Crippen LogP contribution < -0.4 is 5.73 Å². The maximum atomic E-state index is 11.6. The third-order valence-electron chi connectivity index (χ3n) is 2.14. The quantitative estimate of drug-likeness (QED) is 0.890. The summed E-state index contributed by atoms with van der Waals surface area (Å²) in [5, 5.41) is 0. The number of Topliss-reactive ketones (excluding diaryl/α,β-unsaturated/α-hetero) is 1. The molecule has 3 nitrogen and oxygen atoms in total. The van der Waals surface area contributed by atoms with Crippen LogP contribution in [0.4, 0.5) is 0 Å². The molecule has 0 spiro atoms. The van der Waals surface area contributed by atoms with Gasteiger partial charge < -0.3 is 5.73 Å². The van der Waals surface area contributed by atoms with Gasteiger partial charge in [-0.3, -0.25) is 9.78 Å². The number of ketones is 1. The van der Waals surface area contributed by atoms with Crippen LogP contribution in [0.25, 0.3) is 0 Å². The van der Waals surface area contributed by atoms with Gasteiger partial charge in [0.05, 0.1) is 0 Å². The van der Waals surface area contributed by atoms with Gasteiger partial charge in [0.1, 0.15) is 5.78 Å². The molecular weight excluding hydrogens is 256 g/mol. The van der Waals surface area contributed by atoms with E-state index in [1.807, 2.05) is 13.0 Å². The van der Waals surface area contributed by atoms with Gasteiger partial charge >= 0.3 is 0 Å². The van der Waals surface area contributed by atoms with E-state index in [1.165, 1.54) is 0 Å². The molecule has 0 aliphatic rings. The predicted octanol–water partition coefficient (Wildman–Crippen LogP) is 1.94. The van der Waals surface area contributed by atoms with E-state index >= 15 is 0 Å². The van der Waals surface area contributed by atoms with Crippen molar-refractivity contribution in [3.8, 4) is 0 Å². The van der Waals surface area contributed by atoms with Crippen molar-refractivity contribution in [2.24, 2.45) is 11.7 Å². The highest BCUT2D eigenvalue weighted by Gasteiger charge is 2.08. The molecule has 1 aromatic rings. The molecule has 1 atom stereocenters. The second-order valence-electron chi connectivity index (χ2n) is 3.77. The standard InChI is InChI=1S/C11H15BrN2O/c1-8(5-13)2-11(15)4-9-3-10(12)7-14-6-9/h3,6-8H,2,4-5,13H2,1H3. The lowest BCUT2D eigenvalue weighted by atomic mass is 10.0. The molecule has 2 N–H and O–H groups in total. The molecule has 0 saturated carbocycles. The van der Waals surface area contributed by atoms with Gasteiger partial charge in [-0.05, 0) is 40.0 Å². The second kappa shape index (κ2) is 5.98. The van der Waals surface area contributed by atoms with Crippen molar-refractivity contribution >= 4 is 21.7 Å². The Kier molecular flexibility index (Phi) is 4.91. The first-order chi connectivity index (χ1) is 7.11. The zero-order valence-corrected chi connectivity index (χ0v) is 10.3. The zero-order chi connectivity index (χ0) is 11.3. The van der Waals surface area contributed by atoms with E-state index < -0.39 is 0 Å². The number of hydrogen-bond donors (Lipinski definition) is 1. The third-order valence-corrected chi connectivity index (χ3v) is 2.57. The van der Waals surface area contributed by atoms with Gasteiger partial charge in [0.2, 0.25) is 0 Å². The number of halogens is 1. The van der Waals surface area contributed by atoms with Crippen LogP contribution in [0.5, 0.6) is 0 Å². The first-order valence-corrected chi connectivity index (χ1v) is 5.72. The summed E-state index contributed by atoms with van der Waals surface area (Å²) in [6.07, 6.45) is 4.41. The Balaban J connectivity index is 2.51. The summed E-state index contributed by atoms with van der Waals surface area (Å²) in [6.45, 7) is 2.54. The lowest BCUT2D eigenvalue weighted by molar-refractivity contribution is -0.119. The van der Waals surface area contributed by atoms with E-state index in [9.17, 15) is 4.79 Å². The Labute approximate surface area is 98.2 Å². The van der Waals surface area contributed by atoms with Gasteiger partial charge in [0.15, 0.2) is 0 Å². The molecule has 0 aliphatic carbocycles. The molecule has 4 heteroatoms. The monoisotopic (exact) mass is 270 g/mol. The van der Waals surface area contributed by atoms with Gasteiger partial charge in [-0.1, -0.05) is 6.92 Å². The van der Waals surface area contributed by atoms with Crippen molar-refractivity contribution in [3.63, 3.8) is 0 Å². The Morgan fingerprint density at radius 1 is 1.60 bits per heavy atom. The topological polar surface area (TPSA) is 56.0 Å². The maximum Gasteiger partial charge on any atom is 0.137 e. The molecule has 0 radical (unpaired) electrons. The minimum Gasteiger partial charge on any atom is -0.330 e. The van der Waals surface area contributed by atoms with Crippen LogP contribution in [0.3, 0.4) is 0 Å². The smallest absolute Gasteiger partial charge is 0.137 e. The number of carbonyl (C=O) groups excluding carboxylic acids is 1. The Morgan fingerprint density at radius 3 is 2.93 bits per heavy atom. The summed E-state index contributed by atoms with van der Waals surface area (Å²) < 4.78 is 0.902. The summed E-state index contributed by atoms with van der Waals surface area (Å²) in [5.74, 6) is 0.477. The maximum absolute atomic E-state index is 11.6. The van der Waals surface area contributed by atoms with Crippen molar-refractivity contribution in [3.05, 3.63) is 28.5 Å². The van der Waals surface area contributed by atoms with Crippen LogP contribution in [0.2, 0.25) is 0 Å². The molecule has 0 aromatic carbocycles. The first kappa shape index (κ1) is 12.3. The van der Waals surface area contributed by atoms with Gasteiger partial charge in [-0.15, -0.1) is 0 Å². The number of nitrogens with two attached hydrogens (primary N) is 1. The minimum atomic E-state index is 0.216. The van der Waals surface area contributed by atoms with Crippen LogP contribution >= 0.6 is 15.9 Å². The van der Waals surface area contributed by atoms with E-state index in [0.29, 0.717) is 19.4 Å². The fraction of sp³-hybridized carbons (Fsp3) is 0.455. The summed E-state index contributed by atoms with van der Waals surface area (Å²) in [7, 11) is 0. The molecule has 82 valence electrons. The summed E-state index contributed by atoms with van der Waals surface area (Å²) in [6, 6.07) is 1.91. The van der Waals surface area contributed by atoms with E-state index in [0.717, 1.165) is 10.0 Å². The molecular formula is C11H15BrN2O. The highest BCUT2D eigenvalue weighted by Crippen LogP contribution is 2.11. The molecule has 1 rings (SSSR count). The lowest BCUT2D eigenvalue weighted by Gasteiger charge is -2.06. The Morgan fingerprint density at radius 2 is 2.33 bits per heavy atom. The normalized spacial score (nSPS) is 12.5. The molecule has 1 unspecified atom stereocenters. The Hall–Kier alpha value is -0.740. The lowest BCUT2D eigenvalue weighted by Crippen LogP contribution is -2.16. The van der Waals surface area contributed by atoms with Crippen LogP contribution in [-0.4, -0.2) is 17.3 Å². The number of hydrogen-bond acceptors (Lipinski definition) is 3. The summed E-state index contributed by atoms with van der Waals surface area (Å²) >= 11 is 3.32. The SMILES string of the molecule is CC(CN)CC(=O)Cc1cncc(Br)c1. The fourth-order valence-corrected chi connectivity index (χ4v) is 1.74. The predicted molar refractivity (Wildman–Crippen MR) is 63.5 cm³/mol. The second-order valence-corrected chi connectivity index (χ2v) is 4.69. The molecule has 0 saturated heterocycles. The molecule has 0 bridgehead atoms. The van der Waals surface area contributed by atoms with Crippen molar-refractivity contribution in [2.75, 3.05) is 6.54 Å². The van der Waals surface area contributed by atoms with Crippen LogP contribution in [0, 0.1) is 5.92 Å². The number of rotatable bonds is 5. The van der Waals surface area contributed by atoms with Crippen LogP contribution in [0.1, 0.15) is 18.9 Å². The summed E-state index contributed by atoms with van der Waals surface area (Å²) in [5.41, 5.74) is 6.41. The molecule has 0 aliphatic heterocycles. The van der Waals surface area contributed by atoms with Gasteiger partial charge in [0.25, 0.3) is 0 Å². The third kappa shape index (κ3) is 4.53. The summed E-state index contributed by atoms with van der Waals surface area (Å²) in [4.78, 5) is 15.6. The zero-order valence-electron chi connectivity index (χ0n) is 8.74. The average Bonchev–Trinajstić information content (AvgIpc) is 2.17. The van der Waals surface area contributed by atoms with Gasteiger partial charge in [0, 0.05) is 29.7 Å². The molecule has 0 fully saturated rings.